The molecule has 6 saturated carbocycles. The van der Waals surface area contributed by atoms with Crippen LogP contribution in [0.5, 0.6) is 0 Å². The molecular formula is C31H50ClN. The average Bonchev–Trinajstić information content (AvgIpc) is 3.45. The second-order valence-corrected chi connectivity index (χ2v) is 14.7. The lowest BCUT2D eigenvalue weighted by Crippen LogP contribution is -2.41. The number of hydrogen-bond acceptors (Lipinski definition) is 1. The van der Waals surface area contributed by atoms with Crippen LogP contribution in [0.25, 0.3) is 0 Å². The van der Waals surface area contributed by atoms with E-state index >= 15 is 0 Å². The Kier molecular flexibility index (Phi) is 6.10. The lowest BCUT2D eigenvalue weighted by molar-refractivity contribution is 0.0975. The average molecular weight is 472 g/mol. The predicted molar refractivity (Wildman–Crippen MR) is 138 cm³/mol. The predicted octanol–water partition coefficient (Wildman–Crippen LogP) is 8.15. The molecule has 0 spiro atoms. The molecule has 1 aliphatic heterocycles. The van der Waals surface area contributed by atoms with Crippen molar-refractivity contribution in [1.29, 1.82) is 0 Å². The van der Waals surface area contributed by atoms with Crippen molar-refractivity contribution in [1.82, 2.24) is 4.90 Å². The van der Waals surface area contributed by atoms with Crippen molar-refractivity contribution < 1.29 is 0 Å². The molecule has 0 bridgehead atoms. The molecule has 0 aromatic carbocycles. The van der Waals surface area contributed by atoms with E-state index in [0.717, 1.165) is 71.3 Å². The Bertz CT molecular complexity index is 685. The Morgan fingerprint density at radius 3 is 1.73 bits per heavy atom. The Morgan fingerprint density at radius 1 is 0.576 bits per heavy atom. The van der Waals surface area contributed by atoms with Gasteiger partial charge in [0.15, 0.2) is 0 Å². The van der Waals surface area contributed by atoms with Gasteiger partial charge >= 0.3 is 0 Å². The highest BCUT2D eigenvalue weighted by Gasteiger charge is 2.61. The Hall–Kier alpha value is 0.250. The number of rotatable bonds is 3. The van der Waals surface area contributed by atoms with Gasteiger partial charge in [0, 0.05) is 17.5 Å². The molecule has 0 aromatic rings. The molecule has 0 radical (unpaired) electrons. The third-order valence-electron chi connectivity index (χ3n) is 13.3. The summed E-state index contributed by atoms with van der Waals surface area (Å²) in [6, 6.07) is 1.77. The van der Waals surface area contributed by atoms with Gasteiger partial charge in [-0.2, -0.15) is 0 Å². The summed E-state index contributed by atoms with van der Waals surface area (Å²) < 4.78 is 0. The number of hydrogen-bond donors (Lipinski definition) is 0. The highest BCUT2D eigenvalue weighted by atomic mass is 35.5. The number of fused-ring (bicyclic) bond motifs is 8. The van der Waals surface area contributed by atoms with Crippen molar-refractivity contribution in [3.63, 3.8) is 0 Å². The number of alkyl halides is 1. The maximum Gasteiger partial charge on any atom is 0.0340 e. The summed E-state index contributed by atoms with van der Waals surface area (Å²) in [7, 11) is 2.53. The van der Waals surface area contributed by atoms with Crippen LogP contribution >= 0.6 is 11.6 Å². The summed E-state index contributed by atoms with van der Waals surface area (Å²) in [5.74, 6) is 10.6. The van der Waals surface area contributed by atoms with Crippen LogP contribution in [0.4, 0.5) is 0 Å². The van der Waals surface area contributed by atoms with E-state index in [-0.39, 0.29) is 0 Å². The van der Waals surface area contributed by atoms with Gasteiger partial charge in [-0.15, -0.1) is 11.6 Å². The van der Waals surface area contributed by atoms with Gasteiger partial charge < -0.3 is 0 Å². The SMILES string of the molecule is CN1C2CCC(Cl)CC2C2C(CCC3C4CCCCC4C4CCCCC43)C3CCCCC3C21. The van der Waals surface area contributed by atoms with Crippen molar-refractivity contribution in [3.05, 3.63) is 0 Å². The molecule has 0 N–H and O–H groups in total. The van der Waals surface area contributed by atoms with Gasteiger partial charge in [-0.05, 0) is 137 Å². The minimum Gasteiger partial charge on any atom is -0.300 e. The van der Waals surface area contributed by atoms with Crippen LogP contribution in [0.1, 0.15) is 109 Å². The molecule has 7 fully saturated rings. The molecule has 0 aromatic heterocycles. The first-order chi connectivity index (χ1) is 16.2. The fraction of sp³-hybridized carbons (Fsp3) is 1.00. The molecule has 1 heterocycles. The molecule has 7 rings (SSSR count). The first-order valence-corrected chi connectivity index (χ1v) is 16.0. The molecule has 12 unspecified atom stereocenters. The first kappa shape index (κ1) is 22.4. The highest BCUT2D eigenvalue weighted by molar-refractivity contribution is 6.20. The number of likely N-dealkylation sites (tertiary alicyclic amines) is 1. The monoisotopic (exact) mass is 471 g/mol. The molecule has 1 nitrogen and oxygen atoms in total. The van der Waals surface area contributed by atoms with Gasteiger partial charge in [0.2, 0.25) is 0 Å². The largest absolute Gasteiger partial charge is 0.300 e. The lowest BCUT2D eigenvalue weighted by atomic mass is 9.68. The van der Waals surface area contributed by atoms with Crippen LogP contribution in [-0.2, 0) is 0 Å². The van der Waals surface area contributed by atoms with Gasteiger partial charge in [-0.25, -0.2) is 0 Å². The summed E-state index contributed by atoms with van der Waals surface area (Å²) in [6.07, 6.45) is 25.8. The van der Waals surface area contributed by atoms with Crippen molar-refractivity contribution in [2.45, 2.75) is 127 Å². The molecule has 0 amide bonds. The molecule has 2 heteroatoms. The van der Waals surface area contributed by atoms with Crippen LogP contribution in [0.3, 0.4) is 0 Å². The van der Waals surface area contributed by atoms with Crippen molar-refractivity contribution in [2.75, 3.05) is 7.05 Å². The Balaban J connectivity index is 1.14. The van der Waals surface area contributed by atoms with Crippen LogP contribution in [-0.4, -0.2) is 29.4 Å². The van der Waals surface area contributed by atoms with E-state index in [1.165, 1.54) is 38.5 Å². The van der Waals surface area contributed by atoms with E-state index in [1.54, 1.807) is 70.6 Å². The van der Waals surface area contributed by atoms with E-state index < -0.39 is 0 Å². The van der Waals surface area contributed by atoms with Crippen LogP contribution in [0.2, 0.25) is 0 Å². The Labute approximate surface area is 209 Å². The summed E-state index contributed by atoms with van der Waals surface area (Å²) in [4.78, 5) is 2.94. The lowest BCUT2D eigenvalue weighted by Gasteiger charge is -2.40. The van der Waals surface area contributed by atoms with Crippen molar-refractivity contribution in [3.8, 4) is 0 Å². The van der Waals surface area contributed by atoms with Crippen molar-refractivity contribution in [2.24, 2.45) is 59.2 Å². The second kappa shape index (κ2) is 8.97. The maximum absolute atomic E-state index is 6.84. The summed E-state index contributed by atoms with van der Waals surface area (Å²) in [5, 5.41) is 0.461. The molecular weight excluding hydrogens is 422 g/mol. The van der Waals surface area contributed by atoms with Gasteiger partial charge in [0.05, 0.1) is 0 Å². The third-order valence-corrected chi connectivity index (χ3v) is 13.7. The Morgan fingerprint density at radius 2 is 1.09 bits per heavy atom. The second-order valence-electron chi connectivity index (χ2n) is 14.1. The maximum atomic E-state index is 6.84. The van der Waals surface area contributed by atoms with Gasteiger partial charge in [-0.1, -0.05) is 38.5 Å². The molecule has 1 saturated heterocycles. The van der Waals surface area contributed by atoms with Crippen LogP contribution in [0, 0.1) is 59.2 Å². The van der Waals surface area contributed by atoms with E-state index in [1.807, 2.05) is 0 Å². The molecule has 7 aliphatic rings. The quantitative estimate of drug-likeness (QED) is 0.375. The summed E-state index contributed by atoms with van der Waals surface area (Å²) in [5.41, 5.74) is 0. The molecule has 12 atom stereocenters. The molecule has 186 valence electrons. The van der Waals surface area contributed by atoms with E-state index in [0.29, 0.717) is 5.38 Å². The minimum absolute atomic E-state index is 0.461. The smallest absolute Gasteiger partial charge is 0.0340 e. The first-order valence-electron chi connectivity index (χ1n) is 15.6. The zero-order valence-corrected chi connectivity index (χ0v) is 22.1. The highest BCUT2D eigenvalue weighted by Crippen LogP contribution is 2.63. The zero-order valence-electron chi connectivity index (χ0n) is 21.4. The minimum atomic E-state index is 0.461. The fourth-order valence-corrected chi connectivity index (χ4v) is 12.8. The van der Waals surface area contributed by atoms with Crippen molar-refractivity contribution >= 4 is 11.6 Å². The molecule has 33 heavy (non-hydrogen) atoms. The van der Waals surface area contributed by atoms with Crippen LogP contribution in [0.15, 0.2) is 0 Å². The zero-order chi connectivity index (χ0) is 22.1. The van der Waals surface area contributed by atoms with E-state index in [4.69, 9.17) is 11.6 Å². The van der Waals surface area contributed by atoms with Gasteiger partial charge in [-0.3, -0.25) is 4.90 Å². The van der Waals surface area contributed by atoms with E-state index in [2.05, 4.69) is 11.9 Å². The normalized spacial score (nSPS) is 56.0. The standard InChI is InChI=1S/C31H50ClN/c1-33-29-17-14-19(32)18-28(29)30-26(24-12-6-7-13-27(24)31(30)33)16-15-25-22-10-4-2-8-20(22)21-9-3-5-11-23(21)25/h19-31H,2-18H2,1H3. The topological polar surface area (TPSA) is 3.24 Å². The van der Waals surface area contributed by atoms with E-state index in [9.17, 15) is 0 Å². The number of halogens is 1. The number of nitrogens with zero attached hydrogens (tertiary/aromatic N) is 1. The van der Waals surface area contributed by atoms with Gasteiger partial charge in [0.25, 0.3) is 0 Å². The third kappa shape index (κ3) is 3.54. The van der Waals surface area contributed by atoms with Gasteiger partial charge in [0.1, 0.15) is 0 Å². The summed E-state index contributed by atoms with van der Waals surface area (Å²) >= 11 is 6.84. The fourth-order valence-electron chi connectivity index (χ4n) is 12.4. The summed E-state index contributed by atoms with van der Waals surface area (Å²) in [6.45, 7) is 0. The van der Waals surface area contributed by atoms with Crippen LogP contribution < -0.4 is 0 Å². The molecule has 6 aliphatic carbocycles.